The molecular formula is C10H20N2O. The molecule has 76 valence electrons. The van der Waals surface area contributed by atoms with Crippen molar-refractivity contribution in [2.75, 3.05) is 19.6 Å². The molecular weight excluding hydrogens is 164 g/mol. The summed E-state index contributed by atoms with van der Waals surface area (Å²) in [6.07, 6.45) is 4.18. The first-order chi connectivity index (χ1) is 6.27. The third-order valence-corrected chi connectivity index (χ3v) is 2.69. The number of carbonyl (C=O) groups is 1. The first-order valence-corrected chi connectivity index (χ1v) is 5.25. The molecule has 1 rings (SSSR count). The molecule has 1 atom stereocenters. The first-order valence-electron chi connectivity index (χ1n) is 5.25. The Labute approximate surface area is 80.3 Å². The van der Waals surface area contributed by atoms with Crippen LogP contribution in [0.15, 0.2) is 0 Å². The second-order valence-electron chi connectivity index (χ2n) is 3.82. The van der Waals surface area contributed by atoms with Crippen LogP contribution in [0, 0.1) is 5.92 Å². The van der Waals surface area contributed by atoms with Crippen LogP contribution in [0.2, 0.25) is 0 Å². The number of nitrogens with two attached hydrogens (primary N) is 1. The van der Waals surface area contributed by atoms with Crippen molar-refractivity contribution in [1.29, 1.82) is 0 Å². The van der Waals surface area contributed by atoms with Gasteiger partial charge in [-0.3, -0.25) is 4.79 Å². The summed E-state index contributed by atoms with van der Waals surface area (Å²) < 4.78 is 0. The van der Waals surface area contributed by atoms with Crippen molar-refractivity contribution in [3.63, 3.8) is 0 Å². The lowest BCUT2D eigenvalue weighted by atomic mass is 10.0. The molecule has 3 heteroatoms. The molecule has 1 unspecified atom stereocenters. The van der Waals surface area contributed by atoms with E-state index < -0.39 is 0 Å². The molecule has 13 heavy (non-hydrogen) atoms. The minimum Gasteiger partial charge on any atom is -0.342 e. The van der Waals surface area contributed by atoms with Crippen LogP contribution in [-0.4, -0.2) is 30.4 Å². The smallest absolute Gasteiger partial charge is 0.223 e. The standard InChI is InChI=1S/C10H20N2O/c1-2-3-9-5-7-12(8-9)10(13)4-6-11/h9H,2-8,11H2,1H3. The molecule has 0 aromatic rings. The van der Waals surface area contributed by atoms with Gasteiger partial charge in [0.2, 0.25) is 5.91 Å². The predicted molar refractivity (Wildman–Crippen MR) is 53.3 cm³/mol. The average molecular weight is 184 g/mol. The largest absolute Gasteiger partial charge is 0.342 e. The van der Waals surface area contributed by atoms with E-state index in [1.807, 2.05) is 4.90 Å². The zero-order valence-corrected chi connectivity index (χ0v) is 8.46. The SMILES string of the molecule is CCCC1CCN(C(=O)CCN)C1. The lowest BCUT2D eigenvalue weighted by Gasteiger charge is -2.15. The Morgan fingerprint density at radius 2 is 2.38 bits per heavy atom. The number of hydrogen-bond donors (Lipinski definition) is 1. The molecule has 1 aliphatic heterocycles. The number of likely N-dealkylation sites (tertiary alicyclic amines) is 1. The van der Waals surface area contributed by atoms with E-state index in [1.54, 1.807) is 0 Å². The molecule has 1 aliphatic rings. The zero-order chi connectivity index (χ0) is 9.68. The highest BCUT2D eigenvalue weighted by molar-refractivity contribution is 5.76. The average Bonchev–Trinajstić information content (AvgIpc) is 2.54. The summed E-state index contributed by atoms with van der Waals surface area (Å²) in [6, 6.07) is 0. The van der Waals surface area contributed by atoms with Crippen LogP contribution >= 0.6 is 0 Å². The monoisotopic (exact) mass is 184 g/mol. The maximum Gasteiger partial charge on any atom is 0.223 e. The van der Waals surface area contributed by atoms with E-state index in [-0.39, 0.29) is 5.91 Å². The van der Waals surface area contributed by atoms with E-state index in [0.29, 0.717) is 13.0 Å². The Morgan fingerprint density at radius 1 is 1.62 bits per heavy atom. The van der Waals surface area contributed by atoms with Crippen LogP contribution in [0.25, 0.3) is 0 Å². The van der Waals surface area contributed by atoms with Gasteiger partial charge in [-0.2, -0.15) is 0 Å². The van der Waals surface area contributed by atoms with Crippen LogP contribution in [0.1, 0.15) is 32.6 Å². The number of amides is 1. The Balaban J connectivity index is 2.27. The summed E-state index contributed by atoms with van der Waals surface area (Å²) in [5.41, 5.74) is 5.34. The van der Waals surface area contributed by atoms with E-state index in [1.165, 1.54) is 19.3 Å². The van der Waals surface area contributed by atoms with E-state index in [4.69, 9.17) is 5.73 Å². The topological polar surface area (TPSA) is 46.3 Å². The highest BCUT2D eigenvalue weighted by Crippen LogP contribution is 2.20. The van der Waals surface area contributed by atoms with Gasteiger partial charge in [0.05, 0.1) is 0 Å². The molecule has 0 bridgehead atoms. The Morgan fingerprint density at radius 3 is 3.00 bits per heavy atom. The third kappa shape index (κ3) is 2.99. The van der Waals surface area contributed by atoms with Crippen molar-refractivity contribution in [3.05, 3.63) is 0 Å². The molecule has 3 nitrogen and oxygen atoms in total. The number of carbonyl (C=O) groups excluding carboxylic acids is 1. The molecule has 1 heterocycles. The molecule has 0 aromatic carbocycles. The lowest BCUT2D eigenvalue weighted by Crippen LogP contribution is -2.30. The van der Waals surface area contributed by atoms with Crippen molar-refractivity contribution in [1.82, 2.24) is 4.90 Å². The third-order valence-electron chi connectivity index (χ3n) is 2.69. The van der Waals surface area contributed by atoms with Gasteiger partial charge >= 0.3 is 0 Å². The molecule has 0 aliphatic carbocycles. The van der Waals surface area contributed by atoms with Crippen LogP contribution in [0.3, 0.4) is 0 Å². The number of nitrogens with zero attached hydrogens (tertiary/aromatic N) is 1. The Hall–Kier alpha value is -0.570. The minimum absolute atomic E-state index is 0.237. The number of rotatable bonds is 4. The van der Waals surface area contributed by atoms with Gasteiger partial charge in [-0.25, -0.2) is 0 Å². The highest BCUT2D eigenvalue weighted by Gasteiger charge is 2.24. The Bertz CT molecular complexity index is 170. The summed E-state index contributed by atoms with van der Waals surface area (Å²) >= 11 is 0. The van der Waals surface area contributed by atoms with Gasteiger partial charge in [-0.05, 0) is 18.8 Å². The van der Waals surface area contributed by atoms with Crippen molar-refractivity contribution >= 4 is 5.91 Å². The maximum absolute atomic E-state index is 11.4. The molecule has 0 spiro atoms. The van der Waals surface area contributed by atoms with E-state index in [2.05, 4.69) is 6.92 Å². The maximum atomic E-state index is 11.4. The molecule has 1 amide bonds. The minimum atomic E-state index is 0.237. The van der Waals surface area contributed by atoms with Crippen molar-refractivity contribution in [2.45, 2.75) is 32.6 Å². The fourth-order valence-electron chi connectivity index (χ4n) is 1.98. The second-order valence-corrected chi connectivity index (χ2v) is 3.82. The molecule has 0 aromatic heterocycles. The van der Waals surface area contributed by atoms with Crippen LogP contribution in [-0.2, 0) is 4.79 Å². The van der Waals surface area contributed by atoms with Gasteiger partial charge in [0.25, 0.3) is 0 Å². The molecule has 0 radical (unpaired) electrons. The summed E-state index contributed by atoms with van der Waals surface area (Å²) in [5, 5.41) is 0. The number of hydrogen-bond acceptors (Lipinski definition) is 2. The summed E-state index contributed by atoms with van der Waals surface area (Å²) in [5.74, 6) is 0.979. The van der Waals surface area contributed by atoms with Gasteiger partial charge in [0.15, 0.2) is 0 Å². The summed E-state index contributed by atoms with van der Waals surface area (Å²) in [6.45, 7) is 4.59. The van der Waals surface area contributed by atoms with E-state index in [9.17, 15) is 4.79 Å². The van der Waals surface area contributed by atoms with E-state index >= 15 is 0 Å². The van der Waals surface area contributed by atoms with Crippen molar-refractivity contribution < 1.29 is 4.79 Å². The molecule has 1 saturated heterocycles. The normalized spacial score (nSPS) is 22.3. The van der Waals surface area contributed by atoms with E-state index in [0.717, 1.165) is 19.0 Å². The highest BCUT2D eigenvalue weighted by atomic mass is 16.2. The quantitative estimate of drug-likeness (QED) is 0.708. The zero-order valence-electron chi connectivity index (χ0n) is 8.46. The lowest BCUT2D eigenvalue weighted by molar-refractivity contribution is -0.130. The molecule has 1 fully saturated rings. The molecule has 0 saturated carbocycles. The van der Waals surface area contributed by atoms with Crippen LogP contribution in [0.4, 0.5) is 0 Å². The van der Waals surface area contributed by atoms with Crippen molar-refractivity contribution in [3.8, 4) is 0 Å². The van der Waals surface area contributed by atoms with Gasteiger partial charge in [0, 0.05) is 26.1 Å². The fourth-order valence-corrected chi connectivity index (χ4v) is 1.98. The van der Waals surface area contributed by atoms with Gasteiger partial charge in [-0.15, -0.1) is 0 Å². The van der Waals surface area contributed by atoms with Gasteiger partial charge in [0.1, 0.15) is 0 Å². The fraction of sp³-hybridized carbons (Fsp3) is 0.900. The summed E-state index contributed by atoms with van der Waals surface area (Å²) in [7, 11) is 0. The predicted octanol–water partition coefficient (Wildman–Crippen LogP) is 0.984. The van der Waals surface area contributed by atoms with Gasteiger partial charge < -0.3 is 10.6 Å². The second kappa shape index (κ2) is 5.22. The first kappa shape index (κ1) is 10.5. The molecule has 2 N–H and O–H groups in total. The van der Waals surface area contributed by atoms with Gasteiger partial charge in [-0.1, -0.05) is 13.3 Å². The van der Waals surface area contributed by atoms with Crippen LogP contribution < -0.4 is 5.73 Å². The van der Waals surface area contributed by atoms with Crippen LogP contribution in [0.5, 0.6) is 0 Å². The summed E-state index contributed by atoms with van der Waals surface area (Å²) in [4.78, 5) is 13.4. The Kier molecular flexibility index (Phi) is 4.22. The van der Waals surface area contributed by atoms with Crippen molar-refractivity contribution in [2.24, 2.45) is 11.7 Å².